The summed E-state index contributed by atoms with van der Waals surface area (Å²) in [6.45, 7) is 4.70. The molecule has 0 heterocycles. The predicted molar refractivity (Wildman–Crippen MR) is 259 cm³/mol. The van der Waals surface area contributed by atoms with Gasteiger partial charge in [-0.05, 0) is 116 Å². The highest BCUT2D eigenvalue weighted by Gasteiger charge is 2.35. The maximum atomic E-state index is 2.43. The van der Waals surface area contributed by atoms with Crippen LogP contribution < -0.4 is 9.80 Å². The quantitative estimate of drug-likeness (QED) is 0.152. The highest BCUT2D eigenvalue weighted by atomic mass is 15.1. The maximum Gasteiger partial charge on any atom is 0.0540 e. The molecular formula is C59H44N2. The number of hydrogen-bond donors (Lipinski definition) is 0. The SMILES string of the molecule is CC1(C)c2ccccc2-c2ccc(N(c3ccccc3)c3ccc(-c4ccc(N(c5ccc(-c6ccccc6)cc5)c5cccc6ccccc56)c5ccccc45)cc3)cc21. The van der Waals surface area contributed by atoms with Gasteiger partial charge < -0.3 is 9.80 Å². The van der Waals surface area contributed by atoms with E-state index in [0.29, 0.717) is 0 Å². The Morgan fingerprint density at radius 1 is 0.295 bits per heavy atom. The van der Waals surface area contributed by atoms with Gasteiger partial charge in [0.15, 0.2) is 0 Å². The molecule has 10 aromatic carbocycles. The molecule has 0 fully saturated rings. The molecule has 0 amide bonds. The minimum atomic E-state index is -0.0871. The zero-order valence-electron chi connectivity index (χ0n) is 34.3. The van der Waals surface area contributed by atoms with Crippen molar-refractivity contribution in [3.63, 3.8) is 0 Å². The van der Waals surface area contributed by atoms with Crippen molar-refractivity contribution in [3.05, 3.63) is 242 Å². The molecule has 1 aliphatic carbocycles. The van der Waals surface area contributed by atoms with Crippen molar-refractivity contribution in [2.24, 2.45) is 0 Å². The van der Waals surface area contributed by atoms with Gasteiger partial charge in [-0.15, -0.1) is 0 Å². The van der Waals surface area contributed by atoms with E-state index >= 15 is 0 Å². The lowest BCUT2D eigenvalue weighted by Gasteiger charge is -2.29. The van der Waals surface area contributed by atoms with Gasteiger partial charge in [-0.3, -0.25) is 0 Å². The molecule has 0 radical (unpaired) electrons. The Kier molecular flexibility index (Phi) is 8.86. The van der Waals surface area contributed by atoms with Crippen LogP contribution in [0, 0.1) is 0 Å². The Hall–Kier alpha value is -7.68. The maximum absolute atomic E-state index is 2.43. The van der Waals surface area contributed by atoms with E-state index in [1.165, 1.54) is 66.1 Å². The molecule has 61 heavy (non-hydrogen) atoms. The highest BCUT2D eigenvalue weighted by Crippen LogP contribution is 2.51. The molecule has 0 N–H and O–H groups in total. The fourth-order valence-electron chi connectivity index (χ4n) is 9.62. The van der Waals surface area contributed by atoms with Crippen LogP contribution >= 0.6 is 0 Å². The summed E-state index contributed by atoms with van der Waals surface area (Å²) in [6, 6.07) is 84.0. The van der Waals surface area contributed by atoms with E-state index in [1.54, 1.807) is 0 Å². The molecule has 1 aliphatic rings. The van der Waals surface area contributed by atoms with E-state index in [0.717, 1.165) is 34.1 Å². The molecule has 0 saturated heterocycles. The molecule has 0 aliphatic heterocycles. The summed E-state index contributed by atoms with van der Waals surface area (Å²) in [6.07, 6.45) is 0. The number of anilines is 6. The fourth-order valence-corrected chi connectivity index (χ4v) is 9.62. The number of benzene rings is 10. The molecule has 0 atom stereocenters. The van der Waals surface area contributed by atoms with Crippen molar-refractivity contribution >= 4 is 55.7 Å². The zero-order chi connectivity index (χ0) is 40.9. The lowest BCUT2D eigenvalue weighted by atomic mass is 9.82. The van der Waals surface area contributed by atoms with Gasteiger partial charge in [0.25, 0.3) is 0 Å². The van der Waals surface area contributed by atoms with Crippen LogP contribution in [0.3, 0.4) is 0 Å². The number of hydrogen-bond acceptors (Lipinski definition) is 2. The molecule has 2 heteroatoms. The second kappa shape index (κ2) is 14.9. The van der Waals surface area contributed by atoms with Gasteiger partial charge in [-0.2, -0.15) is 0 Å². The minimum absolute atomic E-state index is 0.0871. The zero-order valence-corrected chi connectivity index (χ0v) is 34.3. The molecule has 0 bridgehead atoms. The van der Waals surface area contributed by atoms with Crippen molar-refractivity contribution in [1.29, 1.82) is 0 Å². The lowest BCUT2D eigenvalue weighted by molar-refractivity contribution is 0.660. The van der Waals surface area contributed by atoms with Crippen LogP contribution in [-0.2, 0) is 5.41 Å². The van der Waals surface area contributed by atoms with Crippen LogP contribution in [-0.4, -0.2) is 0 Å². The number of nitrogens with zero attached hydrogens (tertiary/aromatic N) is 2. The Morgan fingerprint density at radius 2 is 0.803 bits per heavy atom. The Labute approximate surface area is 358 Å². The molecule has 0 spiro atoms. The van der Waals surface area contributed by atoms with Crippen molar-refractivity contribution < 1.29 is 0 Å². The molecule has 2 nitrogen and oxygen atoms in total. The Bertz CT molecular complexity index is 3200. The van der Waals surface area contributed by atoms with E-state index < -0.39 is 0 Å². The standard InChI is InChI=1S/C59H44N2/c1-59(2)55-26-14-13-24-52(55)53-37-36-48(40-56(53)59)60(45-20-7-4-8-21-45)46-34-30-44(31-35-46)49-38-39-58(54-25-12-11-23-51(49)54)61(57-27-15-19-43-18-9-10-22-50(43)57)47-32-28-42(29-33-47)41-16-5-3-6-17-41/h3-40H,1-2H3. The third-order valence-electron chi connectivity index (χ3n) is 12.7. The second-order valence-electron chi connectivity index (χ2n) is 16.5. The number of para-hydroxylation sites is 1. The lowest BCUT2D eigenvalue weighted by Crippen LogP contribution is -2.16. The van der Waals surface area contributed by atoms with Gasteiger partial charge in [0, 0.05) is 38.9 Å². The van der Waals surface area contributed by atoms with Gasteiger partial charge in [0.05, 0.1) is 11.4 Å². The monoisotopic (exact) mass is 780 g/mol. The number of rotatable bonds is 8. The summed E-state index contributed by atoms with van der Waals surface area (Å²) in [5, 5.41) is 4.82. The first kappa shape index (κ1) is 36.4. The molecule has 10 aromatic rings. The van der Waals surface area contributed by atoms with Crippen LogP contribution in [0.4, 0.5) is 34.1 Å². The highest BCUT2D eigenvalue weighted by molar-refractivity contribution is 6.09. The second-order valence-corrected chi connectivity index (χ2v) is 16.5. The molecule has 11 rings (SSSR count). The van der Waals surface area contributed by atoms with Gasteiger partial charge in [0.1, 0.15) is 0 Å². The van der Waals surface area contributed by atoms with Crippen molar-refractivity contribution in [2.45, 2.75) is 19.3 Å². The van der Waals surface area contributed by atoms with Gasteiger partial charge in [0.2, 0.25) is 0 Å². The van der Waals surface area contributed by atoms with E-state index in [9.17, 15) is 0 Å². The summed E-state index contributed by atoms with van der Waals surface area (Å²) >= 11 is 0. The van der Waals surface area contributed by atoms with E-state index in [1.807, 2.05) is 0 Å². The third kappa shape index (κ3) is 6.27. The van der Waals surface area contributed by atoms with Gasteiger partial charge in [-0.1, -0.05) is 184 Å². The smallest absolute Gasteiger partial charge is 0.0540 e. The average molecular weight is 781 g/mol. The third-order valence-corrected chi connectivity index (χ3v) is 12.7. The van der Waals surface area contributed by atoms with Crippen molar-refractivity contribution in [2.75, 3.05) is 9.80 Å². The molecule has 290 valence electrons. The first-order chi connectivity index (χ1) is 30.0. The van der Waals surface area contributed by atoms with Crippen LogP contribution in [0.2, 0.25) is 0 Å². The predicted octanol–water partition coefficient (Wildman–Crippen LogP) is 16.6. The first-order valence-corrected chi connectivity index (χ1v) is 21.2. The van der Waals surface area contributed by atoms with E-state index in [2.05, 4.69) is 254 Å². The molecule has 0 aromatic heterocycles. The van der Waals surface area contributed by atoms with Crippen molar-refractivity contribution in [1.82, 2.24) is 0 Å². The molecule has 0 unspecified atom stereocenters. The number of fused-ring (bicyclic) bond motifs is 5. The summed E-state index contributed by atoms with van der Waals surface area (Å²) in [7, 11) is 0. The van der Waals surface area contributed by atoms with Crippen LogP contribution in [0.5, 0.6) is 0 Å². The first-order valence-electron chi connectivity index (χ1n) is 21.2. The summed E-state index contributed by atoms with van der Waals surface area (Å²) in [4.78, 5) is 4.82. The average Bonchev–Trinajstić information content (AvgIpc) is 3.55. The summed E-state index contributed by atoms with van der Waals surface area (Å²) in [5.74, 6) is 0. The summed E-state index contributed by atoms with van der Waals surface area (Å²) in [5.41, 5.74) is 16.9. The van der Waals surface area contributed by atoms with Crippen molar-refractivity contribution in [3.8, 4) is 33.4 Å². The molecule has 0 saturated carbocycles. The van der Waals surface area contributed by atoms with Crippen LogP contribution in [0.25, 0.3) is 54.9 Å². The normalized spacial score (nSPS) is 12.6. The Morgan fingerprint density at radius 3 is 1.57 bits per heavy atom. The fraction of sp³-hybridized carbons (Fsp3) is 0.0508. The van der Waals surface area contributed by atoms with Gasteiger partial charge in [-0.25, -0.2) is 0 Å². The van der Waals surface area contributed by atoms with Crippen LogP contribution in [0.15, 0.2) is 231 Å². The Balaban J connectivity index is 1.01. The van der Waals surface area contributed by atoms with E-state index in [-0.39, 0.29) is 5.41 Å². The largest absolute Gasteiger partial charge is 0.310 e. The topological polar surface area (TPSA) is 6.48 Å². The minimum Gasteiger partial charge on any atom is -0.310 e. The van der Waals surface area contributed by atoms with Crippen LogP contribution in [0.1, 0.15) is 25.0 Å². The molecular weight excluding hydrogens is 737 g/mol. The van der Waals surface area contributed by atoms with Gasteiger partial charge >= 0.3 is 0 Å². The summed E-state index contributed by atoms with van der Waals surface area (Å²) < 4.78 is 0. The van der Waals surface area contributed by atoms with E-state index in [4.69, 9.17) is 0 Å².